The van der Waals surface area contributed by atoms with Gasteiger partial charge >= 0.3 is 0 Å². The highest BCUT2D eigenvalue weighted by Gasteiger charge is 2.07. The molecule has 0 aliphatic heterocycles. The van der Waals surface area contributed by atoms with E-state index in [2.05, 4.69) is 0 Å². The lowest BCUT2D eigenvalue weighted by Crippen LogP contribution is -1.90. The zero-order chi connectivity index (χ0) is 9.84. The highest BCUT2D eigenvalue weighted by atomic mass is 35.5. The first kappa shape index (κ1) is 11.2. The molecule has 0 unspecified atom stereocenters. The summed E-state index contributed by atoms with van der Waals surface area (Å²) in [4.78, 5) is -0.463. The van der Waals surface area contributed by atoms with Gasteiger partial charge in [0, 0.05) is 0 Å². The number of alkyl halides is 2. The summed E-state index contributed by atoms with van der Waals surface area (Å²) in [5, 5.41) is 0.854. The van der Waals surface area contributed by atoms with E-state index in [1.165, 1.54) is 0 Å². The first-order valence-electron chi connectivity index (χ1n) is 4.05. The molecule has 1 aromatic rings. The molecule has 3 heteroatoms. The lowest BCUT2D eigenvalue weighted by molar-refractivity contribution is 1.07. The van der Waals surface area contributed by atoms with Crippen LogP contribution in [0.2, 0.25) is 0 Å². The summed E-state index contributed by atoms with van der Waals surface area (Å²) in [7, 11) is 0. The van der Waals surface area contributed by atoms with E-state index in [4.69, 9.17) is 34.8 Å². The van der Waals surface area contributed by atoms with Gasteiger partial charge in [0.15, 0.2) is 0 Å². The molecule has 71 valence electrons. The minimum atomic E-state index is -0.463. The van der Waals surface area contributed by atoms with Gasteiger partial charge in [-0.05, 0) is 17.5 Å². The largest absolute Gasteiger partial charge is 0.132 e. The number of rotatable bonds is 3. The van der Waals surface area contributed by atoms with Gasteiger partial charge in [-0.2, -0.15) is 0 Å². The second-order valence-electron chi connectivity index (χ2n) is 2.68. The topological polar surface area (TPSA) is 0 Å². The van der Waals surface area contributed by atoms with Gasteiger partial charge in [0.1, 0.15) is 4.84 Å². The molecule has 0 aliphatic carbocycles. The Morgan fingerprint density at radius 1 is 1.23 bits per heavy atom. The van der Waals surface area contributed by atoms with E-state index in [1.807, 2.05) is 31.2 Å². The fourth-order valence-electron chi connectivity index (χ4n) is 1.01. The van der Waals surface area contributed by atoms with Crippen LogP contribution in [0.15, 0.2) is 24.3 Å². The van der Waals surface area contributed by atoms with E-state index in [1.54, 1.807) is 0 Å². The molecule has 1 radical (unpaired) electrons. The number of halogens is 3. The van der Waals surface area contributed by atoms with Crippen LogP contribution in [0.3, 0.4) is 0 Å². The maximum absolute atomic E-state index is 5.97. The minimum Gasteiger partial charge on any atom is -0.112 e. The van der Waals surface area contributed by atoms with Gasteiger partial charge in [0.25, 0.3) is 0 Å². The molecular formula is C10H10Cl3. The van der Waals surface area contributed by atoms with Crippen molar-refractivity contribution < 1.29 is 0 Å². The predicted molar refractivity (Wildman–Crippen MR) is 59.4 cm³/mol. The highest BCUT2D eigenvalue weighted by Crippen LogP contribution is 2.28. The molecule has 0 fully saturated rings. The molecular weight excluding hydrogens is 226 g/mol. The molecule has 0 saturated carbocycles. The maximum Gasteiger partial charge on any atom is 0.132 e. The first-order chi connectivity index (χ1) is 6.15. The van der Waals surface area contributed by atoms with Gasteiger partial charge in [-0.25, -0.2) is 0 Å². The summed E-state index contributed by atoms with van der Waals surface area (Å²) in [6.45, 7) is 2.02. The van der Waals surface area contributed by atoms with Crippen molar-refractivity contribution in [1.29, 1.82) is 0 Å². The van der Waals surface area contributed by atoms with Crippen molar-refractivity contribution in [2.24, 2.45) is 0 Å². The number of hydrogen-bond donors (Lipinski definition) is 0. The van der Waals surface area contributed by atoms with Crippen LogP contribution in [0, 0.1) is 5.38 Å². The van der Waals surface area contributed by atoms with Crippen LogP contribution in [-0.2, 0) is 0 Å². The SMILES string of the molecule is CC[C](Cl)c1ccc(C(Cl)Cl)cc1. The standard InChI is InChI=1S/C10H10Cl3/c1-2-9(11)7-3-5-8(6-4-7)10(12)13/h3-6,10H,2H2,1H3. The van der Waals surface area contributed by atoms with Crippen LogP contribution in [-0.4, -0.2) is 0 Å². The molecule has 0 saturated heterocycles. The molecule has 13 heavy (non-hydrogen) atoms. The second kappa shape index (κ2) is 5.09. The van der Waals surface area contributed by atoms with Gasteiger partial charge in [-0.3, -0.25) is 0 Å². The molecule has 0 nitrogen and oxygen atoms in total. The van der Waals surface area contributed by atoms with Crippen LogP contribution < -0.4 is 0 Å². The van der Waals surface area contributed by atoms with Crippen molar-refractivity contribution in [2.75, 3.05) is 0 Å². The molecule has 0 bridgehead atoms. The maximum atomic E-state index is 5.97. The van der Waals surface area contributed by atoms with E-state index in [9.17, 15) is 0 Å². The third kappa shape index (κ3) is 3.05. The smallest absolute Gasteiger partial charge is 0.112 e. The lowest BCUT2D eigenvalue weighted by Gasteiger charge is -2.07. The quantitative estimate of drug-likeness (QED) is 0.668. The Balaban J connectivity index is 2.81. The highest BCUT2D eigenvalue weighted by molar-refractivity contribution is 6.44. The summed E-state index contributed by atoms with van der Waals surface area (Å²) in [6, 6.07) is 7.63. The molecule has 0 amide bonds. The molecule has 1 aromatic carbocycles. The van der Waals surface area contributed by atoms with E-state index in [0.29, 0.717) is 0 Å². The van der Waals surface area contributed by atoms with Crippen molar-refractivity contribution in [2.45, 2.75) is 18.2 Å². The fourth-order valence-corrected chi connectivity index (χ4v) is 1.43. The van der Waals surface area contributed by atoms with E-state index >= 15 is 0 Å². The zero-order valence-corrected chi connectivity index (χ0v) is 9.50. The number of hydrogen-bond acceptors (Lipinski definition) is 0. The summed E-state index contributed by atoms with van der Waals surface area (Å²) in [5.41, 5.74) is 1.93. The van der Waals surface area contributed by atoms with Crippen LogP contribution in [0.4, 0.5) is 0 Å². The Bertz CT molecular complexity index is 253. The van der Waals surface area contributed by atoms with Gasteiger partial charge in [-0.1, -0.05) is 31.2 Å². The van der Waals surface area contributed by atoms with E-state index in [0.717, 1.165) is 22.9 Å². The molecule has 0 N–H and O–H groups in total. The van der Waals surface area contributed by atoms with Crippen molar-refractivity contribution in [3.63, 3.8) is 0 Å². The molecule has 0 atom stereocenters. The molecule has 1 rings (SSSR count). The van der Waals surface area contributed by atoms with Gasteiger partial charge < -0.3 is 0 Å². The Morgan fingerprint density at radius 3 is 2.15 bits per heavy atom. The third-order valence-corrected chi connectivity index (χ3v) is 2.78. The zero-order valence-electron chi connectivity index (χ0n) is 7.23. The Kier molecular flexibility index (Phi) is 4.37. The average molecular weight is 237 g/mol. The molecule has 0 spiro atoms. The first-order valence-corrected chi connectivity index (χ1v) is 5.30. The Labute approximate surface area is 93.8 Å². The van der Waals surface area contributed by atoms with E-state index in [-0.39, 0.29) is 0 Å². The summed E-state index contributed by atoms with van der Waals surface area (Å²) >= 11 is 17.4. The predicted octanol–water partition coefficient (Wildman–Crippen LogP) is 4.69. The van der Waals surface area contributed by atoms with Crippen LogP contribution in [0.25, 0.3) is 0 Å². The van der Waals surface area contributed by atoms with Crippen LogP contribution in [0.1, 0.15) is 29.3 Å². The molecule has 0 aliphatic rings. The monoisotopic (exact) mass is 235 g/mol. The fraction of sp³-hybridized carbons (Fsp3) is 0.300. The van der Waals surface area contributed by atoms with Crippen molar-refractivity contribution >= 4 is 34.8 Å². The third-order valence-electron chi connectivity index (χ3n) is 1.79. The summed E-state index contributed by atoms with van der Waals surface area (Å²) in [5.74, 6) is 0. The normalized spacial score (nSPS) is 11.2. The Hall–Kier alpha value is 0.0900. The minimum absolute atomic E-state index is 0.463. The van der Waals surface area contributed by atoms with Crippen molar-refractivity contribution in [3.8, 4) is 0 Å². The summed E-state index contributed by atoms with van der Waals surface area (Å²) < 4.78 is 0. The Morgan fingerprint density at radius 2 is 1.77 bits per heavy atom. The van der Waals surface area contributed by atoms with Crippen molar-refractivity contribution in [3.05, 3.63) is 40.8 Å². The van der Waals surface area contributed by atoms with Crippen LogP contribution in [0.5, 0.6) is 0 Å². The van der Waals surface area contributed by atoms with Gasteiger partial charge in [0.05, 0.1) is 5.38 Å². The van der Waals surface area contributed by atoms with Crippen molar-refractivity contribution in [1.82, 2.24) is 0 Å². The second-order valence-corrected chi connectivity index (χ2v) is 4.23. The van der Waals surface area contributed by atoms with Gasteiger partial charge in [-0.15, -0.1) is 34.8 Å². The molecule has 0 aromatic heterocycles. The molecule has 0 heterocycles. The summed E-state index contributed by atoms with van der Waals surface area (Å²) in [6.07, 6.45) is 0.839. The lowest BCUT2D eigenvalue weighted by atomic mass is 10.1. The van der Waals surface area contributed by atoms with Crippen LogP contribution >= 0.6 is 34.8 Å². The van der Waals surface area contributed by atoms with E-state index < -0.39 is 4.84 Å². The average Bonchev–Trinajstić information content (AvgIpc) is 2.17. The number of benzene rings is 1. The van der Waals surface area contributed by atoms with Gasteiger partial charge in [0.2, 0.25) is 0 Å².